The summed E-state index contributed by atoms with van der Waals surface area (Å²) in [6, 6.07) is 8.62. The number of hydrogen-bond donors (Lipinski definition) is 0. The number of benzene rings is 1. The van der Waals surface area contributed by atoms with Crippen molar-refractivity contribution < 1.29 is 14.3 Å². The molecule has 1 unspecified atom stereocenters. The number of ether oxygens (including phenoxy) is 1. The van der Waals surface area contributed by atoms with Gasteiger partial charge in [0.15, 0.2) is 5.11 Å². The van der Waals surface area contributed by atoms with Crippen molar-refractivity contribution in [2.45, 2.75) is 12.5 Å². The molecule has 0 saturated carbocycles. The Labute approximate surface area is 141 Å². The molecule has 1 saturated heterocycles. The number of nitrogens with zero attached hydrogens (tertiary/aromatic N) is 3. The van der Waals surface area contributed by atoms with Crippen molar-refractivity contribution in [3.63, 3.8) is 0 Å². The number of anilines is 1. The van der Waals surface area contributed by atoms with Crippen molar-refractivity contribution in [2.75, 3.05) is 39.2 Å². The normalized spacial score (nSPS) is 18.0. The molecule has 2 rings (SSSR count). The van der Waals surface area contributed by atoms with Crippen molar-refractivity contribution in [3.8, 4) is 0 Å². The van der Waals surface area contributed by atoms with Crippen molar-refractivity contribution in [3.05, 3.63) is 30.3 Å². The Hall–Kier alpha value is -1.99. The van der Waals surface area contributed by atoms with Crippen LogP contribution in [0.25, 0.3) is 0 Å². The molecule has 0 N–H and O–H groups in total. The number of thiocarbonyl (C=S) groups is 1. The Morgan fingerprint density at radius 2 is 1.96 bits per heavy atom. The molecule has 1 amide bonds. The van der Waals surface area contributed by atoms with E-state index in [1.165, 1.54) is 12.0 Å². The molecule has 23 heavy (non-hydrogen) atoms. The summed E-state index contributed by atoms with van der Waals surface area (Å²) in [6.07, 6.45) is -0.00770. The number of carbonyl (C=O) groups excluding carboxylic acids is 2. The molecule has 1 fully saturated rings. The van der Waals surface area contributed by atoms with E-state index in [0.717, 1.165) is 6.54 Å². The summed E-state index contributed by atoms with van der Waals surface area (Å²) in [6.45, 7) is 1.30. The smallest absolute Gasteiger partial charge is 0.308 e. The van der Waals surface area contributed by atoms with E-state index < -0.39 is 12.0 Å². The van der Waals surface area contributed by atoms with Gasteiger partial charge in [-0.3, -0.25) is 14.5 Å². The lowest BCUT2D eigenvalue weighted by Gasteiger charge is -2.25. The third kappa shape index (κ3) is 3.86. The Bertz CT molecular complexity index is 591. The predicted molar refractivity (Wildman–Crippen MR) is 92.2 cm³/mol. The first-order chi connectivity index (χ1) is 11.0. The molecule has 124 valence electrons. The highest BCUT2D eigenvalue weighted by Crippen LogP contribution is 2.26. The summed E-state index contributed by atoms with van der Waals surface area (Å²) in [5, 5.41) is 0.428. The lowest BCUT2D eigenvalue weighted by atomic mass is 10.2. The number of carbonyl (C=O) groups is 2. The minimum atomic E-state index is -0.616. The van der Waals surface area contributed by atoms with E-state index >= 15 is 0 Å². The van der Waals surface area contributed by atoms with Crippen LogP contribution >= 0.6 is 12.2 Å². The molecular formula is C16H21N3O3S. The van der Waals surface area contributed by atoms with Crippen LogP contribution < -0.4 is 4.90 Å². The fourth-order valence-corrected chi connectivity index (χ4v) is 2.86. The van der Waals surface area contributed by atoms with Crippen molar-refractivity contribution in [1.29, 1.82) is 0 Å². The van der Waals surface area contributed by atoms with Gasteiger partial charge in [-0.05, 0) is 38.4 Å². The first-order valence-electron chi connectivity index (χ1n) is 7.37. The number of hydrogen-bond acceptors (Lipinski definition) is 5. The molecule has 6 nitrogen and oxygen atoms in total. The first-order valence-corrected chi connectivity index (χ1v) is 7.77. The summed E-state index contributed by atoms with van der Waals surface area (Å²) in [4.78, 5) is 29.8. The van der Waals surface area contributed by atoms with Gasteiger partial charge < -0.3 is 14.5 Å². The average Bonchev–Trinajstić information content (AvgIpc) is 2.76. The van der Waals surface area contributed by atoms with Gasteiger partial charge in [0.2, 0.25) is 0 Å². The number of esters is 1. The maximum atomic E-state index is 12.8. The summed E-state index contributed by atoms with van der Waals surface area (Å²) in [5.74, 6) is -0.610. The maximum Gasteiger partial charge on any atom is 0.308 e. The molecule has 0 aliphatic carbocycles. The van der Waals surface area contributed by atoms with Crippen molar-refractivity contribution >= 4 is 34.9 Å². The molecule has 7 heteroatoms. The van der Waals surface area contributed by atoms with Crippen LogP contribution in [0.15, 0.2) is 30.3 Å². The van der Waals surface area contributed by atoms with Gasteiger partial charge in [-0.15, -0.1) is 0 Å². The molecule has 1 aromatic rings. The monoisotopic (exact) mass is 335 g/mol. The Kier molecular flexibility index (Phi) is 5.68. The quantitative estimate of drug-likeness (QED) is 0.573. The standard InChI is InChI=1S/C16H21N3O3S/c1-17(2)9-10-18-13(11-14(20)22-3)15(21)19(16(18)23)12-7-5-4-6-8-12/h4-8,13H,9-11H2,1-3H3. The lowest BCUT2D eigenvalue weighted by molar-refractivity contribution is -0.143. The molecule has 0 radical (unpaired) electrons. The second-order valence-corrected chi connectivity index (χ2v) is 5.95. The number of rotatable bonds is 6. The SMILES string of the molecule is COC(=O)CC1C(=O)N(c2ccccc2)C(=S)N1CCN(C)C. The van der Waals surface area contributed by atoms with Gasteiger partial charge in [0, 0.05) is 13.1 Å². The zero-order chi connectivity index (χ0) is 17.0. The molecule has 1 aromatic carbocycles. The number of para-hydroxylation sites is 1. The first kappa shape index (κ1) is 17.4. The highest BCUT2D eigenvalue weighted by molar-refractivity contribution is 7.80. The van der Waals surface area contributed by atoms with Crippen LogP contribution in [0.2, 0.25) is 0 Å². The second-order valence-electron chi connectivity index (χ2n) is 5.58. The number of amides is 1. The van der Waals surface area contributed by atoms with Crippen molar-refractivity contribution in [2.24, 2.45) is 0 Å². The highest BCUT2D eigenvalue weighted by Gasteiger charge is 2.44. The van der Waals surface area contributed by atoms with E-state index in [1.54, 1.807) is 0 Å². The van der Waals surface area contributed by atoms with Crippen LogP contribution in [0.1, 0.15) is 6.42 Å². The minimum absolute atomic E-state index is 0.00770. The molecular weight excluding hydrogens is 314 g/mol. The fraction of sp³-hybridized carbons (Fsp3) is 0.438. The molecule has 0 bridgehead atoms. The van der Waals surface area contributed by atoms with E-state index in [1.807, 2.05) is 54.2 Å². The summed E-state index contributed by atoms with van der Waals surface area (Å²) in [5.41, 5.74) is 0.713. The van der Waals surface area contributed by atoms with Crippen LogP contribution in [-0.2, 0) is 14.3 Å². The maximum absolute atomic E-state index is 12.8. The second kappa shape index (κ2) is 7.52. The van der Waals surface area contributed by atoms with Crippen LogP contribution in [0.3, 0.4) is 0 Å². The lowest BCUT2D eigenvalue weighted by Crippen LogP contribution is -2.40. The summed E-state index contributed by atoms with van der Waals surface area (Å²) < 4.78 is 4.72. The third-order valence-corrected chi connectivity index (χ3v) is 4.13. The van der Waals surface area contributed by atoms with Crippen LogP contribution in [0.5, 0.6) is 0 Å². The zero-order valence-electron chi connectivity index (χ0n) is 13.6. The van der Waals surface area contributed by atoms with E-state index in [9.17, 15) is 9.59 Å². The number of likely N-dealkylation sites (N-methyl/N-ethyl adjacent to an activating group) is 1. The van der Waals surface area contributed by atoms with E-state index in [4.69, 9.17) is 17.0 Å². The van der Waals surface area contributed by atoms with Gasteiger partial charge in [0.05, 0.1) is 19.2 Å². The van der Waals surface area contributed by atoms with E-state index in [2.05, 4.69) is 0 Å². The largest absolute Gasteiger partial charge is 0.469 e. The van der Waals surface area contributed by atoms with Gasteiger partial charge in [-0.2, -0.15) is 0 Å². The molecule has 1 atom stereocenters. The molecule has 1 aliphatic rings. The Balaban J connectivity index is 2.28. The molecule has 1 aliphatic heterocycles. The average molecular weight is 335 g/mol. The zero-order valence-corrected chi connectivity index (χ0v) is 14.4. The van der Waals surface area contributed by atoms with E-state index in [-0.39, 0.29) is 12.3 Å². The molecule has 0 spiro atoms. The van der Waals surface area contributed by atoms with Gasteiger partial charge in [-0.25, -0.2) is 0 Å². The van der Waals surface area contributed by atoms with Crippen LogP contribution in [0.4, 0.5) is 5.69 Å². The van der Waals surface area contributed by atoms with Gasteiger partial charge in [-0.1, -0.05) is 18.2 Å². The summed E-state index contributed by atoms with van der Waals surface area (Å²) >= 11 is 5.50. The Morgan fingerprint density at radius 3 is 2.52 bits per heavy atom. The third-order valence-electron chi connectivity index (χ3n) is 3.71. The summed E-state index contributed by atoms with van der Waals surface area (Å²) in [7, 11) is 5.22. The fourth-order valence-electron chi connectivity index (χ4n) is 2.45. The minimum Gasteiger partial charge on any atom is -0.469 e. The van der Waals surface area contributed by atoms with Crippen LogP contribution in [0, 0.1) is 0 Å². The van der Waals surface area contributed by atoms with Gasteiger partial charge >= 0.3 is 5.97 Å². The topological polar surface area (TPSA) is 53.1 Å². The van der Waals surface area contributed by atoms with Crippen LogP contribution in [-0.4, -0.2) is 67.1 Å². The predicted octanol–water partition coefficient (Wildman–Crippen LogP) is 1.11. The van der Waals surface area contributed by atoms with Gasteiger partial charge in [0.1, 0.15) is 6.04 Å². The Morgan fingerprint density at radius 1 is 1.30 bits per heavy atom. The van der Waals surface area contributed by atoms with Gasteiger partial charge in [0.25, 0.3) is 5.91 Å². The number of methoxy groups -OCH3 is 1. The molecule has 0 aromatic heterocycles. The van der Waals surface area contributed by atoms with E-state index in [0.29, 0.717) is 17.3 Å². The molecule has 1 heterocycles. The van der Waals surface area contributed by atoms with Crippen molar-refractivity contribution in [1.82, 2.24) is 9.80 Å². The highest BCUT2D eigenvalue weighted by atomic mass is 32.1.